The molecule has 2 rings (SSSR count). The molecule has 0 radical (unpaired) electrons. The summed E-state index contributed by atoms with van der Waals surface area (Å²) in [4.78, 5) is 4.61. The highest BCUT2D eigenvalue weighted by atomic mass is 32.2. The molecule has 1 aliphatic rings. The summed E-state index contributed by atoms with van der Waals surface area (Å²) in [6, 6.07) is 4.27. The van der Waals surface area contributed by atoms with Crippen LogP contribution in [0.2, 0.25) is 0 Å². The van der Waals surface area contributed by atoms with Gasteiger partial charge in [0.05, 0.1) is 11.6 Å². The van der Waals surface area contributed by atoms with Gasteiger partial charge in [0.1, 0.15) is 0 Å². The van der Waals surface area contributed by atoms with E-state index < -0.39 is 0 Å². The number of thioether (sulfide) groups is 1. The van der Waals surface area contributed by atoms with Crippen LogP contribution in [0, 0.1) is 13.8 Å². The summed E-state index contributed by atoms with van der Waals surface area (Å²) in [6.45, 7) is 7.56. The molecule has 3 nitrogen and oxygen atoms in total. The first-order chi connectivity index (χ1) is 9.57. The molecule has 0 spiro atoms. The minimum atomic E-state index is -0.0630. The lowest BCUT2D eigenvalue weighted by atomic mass is 9.99. The van der Waals surface area contributed by atoms with Gasteiger partial charge in [0.15, 0.2) is 0 Å². The Hall–Kier alpha value is -0.580. The van der Waals surface area contributed by atoms with Crippen molar-refractivity contribution in [2.75, 3.05) is 13.2 Å². The Kier molecular flexibility index (Phi) is 5.47. The molecule has 2 atom stereocenters. The number of aliphatic hydroxyl groups is 1. The Labute approximate surface area is 126 Å². The first kappa shape index (κ1) is 15.8. The molecule has 1 fully saturated rings. The molecule has 2 unspecified atom stereocenters. The molecule has 0 aliphatic heterocycles. The van der Waals surface area contributed by atoms with Gasteiger partial charge in [-0.15, -0.1) is 11.8 Å². The van der Waals surface area contributed by atoms with Crippen molar-refractivity contribution in [2.24, 2.45) is 0 Å². The summed E-state index contributed by atoms with van der Waals surface area (Å²) in [7, 11) is 0. The van der Waals surface area contributed by atoms with Gasteiger partial charge < -0.3 is 10.4 Å². The van der Waals surface area contributed by atoms with E-state index in [1.165, 1.54) is 5.56 Å². The van der Waals surface area contributed by atoms with Crippen LogP contribution in [-0.4, -0.2) is 34.0 Å². The summed E-state index contributed by atoms with van der Waals surface area (Å²) >= 11 is 1.87. The number of pyridine rings is 1. The summed E-state index contributed by atoms with van der Waals surface area (Å²) in [6.07, 6.45) is 4.35. The van der Waals surface area contributed by atoms with E-state index in [0.29, 0.717) is 5.25 Å². The van der Waals surface area contributed by atoms with Crippen molar-refractivity contribution >= 4 is 11.8 Å². The van der Waals surface area contributed by atoms with Crippen molar-refractivity contribution in [2.45, 2.75) is 62.3 Å². The normalized spacial score (nSPS) is 26.1. The van der Waals surface area contributed by atoms with Crippen LogP contribution in [0.3, 0.4) is 0 Å². The second-order valence-corrected chi connectivity index (χ2v) is 7.29. The van der Waals surface area contributed by atoms with Crippen molar-refractivity contribution in [1.29, 1.82) is 0 Å². The third kappa shape index (κ3) is 3.96. The van der Waals surface area contributed by atoms with Crippen molar-refractivity contribution in [1.82, 2.24) is 10.3 Å². The Morgan fingerprint density at radius 3 is 2.90 bits per heavy atom. The largest absolute Gasteiger partial charge is 0.394 e. The highest BCUT2D eigenvalue weighted by Crippen LogP contribution is 2.39. The number of rotatable bonds is 6. The van der Waals surface area contributed by atoms with Crippen molar-refractivity contribution in [3.63, 3.8) is 0 Å². The average Bonchev–Trinajstić information content (AvgIpc) is 2.79. The van der Waals surface area contributed by atoms with E-state index in [0.717, 1.165) is 42.9 Å². The van der Waals surface area contributed by atoms with Gasteiger partial charge in [-0.3, -0.25) is 0 Å². The zero-order valence-corrected chi connectivity index (χ0v) is 13.6. The summed E-state index contributed by atoms with van der Waals surface area (Å²) in [5.41, 5.74) is 2.30. The molecule has 0 bridgehead atoms. The van der Waals surface area contributed by atoms with Crippen LogP contribution in [0.5, 0.6) is 0 Å². The molecule has 1 saturated carbocycles. The van der Waals surface area contributed by atoms with Crippen LogP contribution < -0.4 is 5.32 Å². The van der Waals surface area contributed by atoms with Crippen molar-refractivity contribution in [3.8, 4) is 0 Å². The maximum Gasteiger partial charge on any atom is 0.0968 e. The SMILES string of the molecule is CCCNC1(CO)CCC(Sc2cc(C)cc(C)n2)C1. The first-order valence-electron chi connectivity index (χ1n) is 7.55. The van der Waals surface area contributed by atoms with Crippen molar-refractivity contribution in [3.05, 3.63) is 23.4 Å². The second-order valence-electron chi connectivity index (χ2n) is 5.97. The lowest BCUT2D eigenvalue weighted by Gasteiger charge is -2.28. The highest BCUT2D eigenvalue weighted by Gasteiger charge is 2.38. The molecule has 1 aromatic heterocycles. The van der Waals surface area contributed by atoms with E-state index in [-0.39, 0.29) is 12.1 Å². The smallest absolute Gasteiger partial charge is 0.0968 e. The molecule has 2 N–H and O–H groups in total. The van der Waals surface area contributed by atoms with E-state index >= 15 is 0 Å². The average molecular weight is 294 g/mol. The number of hydrogen-bond acceptors (Lipinski definition) is 4. The van der Waals surface area contributed by atoms with Gasteiger partial charge in [-0.25, -0.2) is 4.98 Å². The number of aromatic nitrogens is 1. The van der Waals surface area contributed by atoms with Gasteiger partial charge in [-0.1, -0.05) is 6.92 Å². The molecule has 1 heterocycles. The number of aryl methyl sites for hydroxylation is 2. The summed E-state index contributed by atoms with van der Waals surface area (Å²) < 4.78 is 0. The van der Waals surface area contributed by atoms with Crippen LogP contribution in [0.25, 0.3) is 0 Å². The van der Waals surface area contributed by atoms with E-state index in [2.05, 4.69) is 36.3 Å². The van der Waals surface area contributed by atoms with Crippen LogP contribution >= 0.6 is 11.8 Å². The molecular formula is C16H26N2OS. The minimum Gasteiger partial charge on any atom is -0.394 e. The Bertz CT molecular complexity index is 432. The molecular weight excluding hydrogens is 268 g/mol. The van der Waals surface area contributed by atoms with Crippen LogP contribution in [0.1, 0.15) is 43.9 Å². The monoisotopic (exact) mass is 294 g/mol. The van der Waals surface area contributed by atoms with Crippen molar-refractivity contribution < 1.29 is 5.11 Å². The molecule has 1 aliphatic carbocycles. The fourth-order valence-corrected chi connectivity index (χ4v) is 4.39. The molecule has 0 aromatic carbocycles. The number of nitrogens with one attached hydrogen (secondary N) is 1. The van der Waals surface area contributed by atoms with Crippen LogP contribution in [0.4, 0.5) is 0 Å². The topological polar surface area (TPSA) is 45.1 Å². The number of aliphatic hydroxyl groups excluding tert-OH is 1. The highest BCUT2D eigenvalue weighted by molar-refractivity contribution is 7.99. The van der Waals surface area contributed by atoms with Crippen LogP contribution in [-0.2, 0) is 0 Å². The molecule has 4 heteroatoms. The van der Waals surface area contributed by atoms with Crippen LogP contribution in [0.15, 0.2) is 17.2 Å². The van der Waals surface area contributed by atoms with Gasteiger partial charge >= 0.3 is 0 Å². The van der Waals surface area contributed by atoms with E-state index in [9.17, 15) is 5.11 Å². The lowest BCUT2D eigenvalue weighted by Crippen LogP contribution is -2.46. The minimum absolute atomic E-state index is 0.0630. The summed E-state index contributed by atoms with van der Waals surface area (Å²) in [5.74, 6) is 0. The van der Waals surface area contributed by atoms with Gasteiger partial charge in [-0.05, 0) is 63.8 Å². The molecule has 112 valence electrons. The lowest BCUT2D eigenvalue weighted by molar-refractivity contribution is 0.165. The van der Waals surface area contributed by atoms with Gasteiger partial charge in [-0.2, -0.15) is 0 Å². The fraction of sp³-hybridized carbons (Fsp3) is 0.688. The quantitative estimate of drug-likeness (QED) is 0.846. The van der Waals surface area contributed by atoms with Gasteiger partial charge in [0.25, 0.3) is 0 Å². The molecule has 0 saturated heterocycles. The zero-order valence-electron chi connectivity index (χ0n) is 12.8. The number of hydrogen-bond donors (Lipinski definition) is 2. The third-order valence-electron chi connectivity index (χ3n) is 3.98. The maximum absolute atomic E-state index is 9.73. The van der Waals surface area contributed by atoms with E-state index in [4.69, 9.17) is 0 Å². The fourth-order valence-electron chi connectivity index (χ4n) is 2.96. The predicted octanol–water partition coefficient (Wildman–Crippen LogP) is 3.07. The van der Waals surface area contributed by atoms with E-state index in [1.54, 1.807) is 0 Å². The van der Waals surface area contributed by atoms with Gasteiger partial charge in [0, 0.05) is 16.5 Å². The molecule has 0 amide bonds. The summed E-state index contributed by atoms with van der Waals surface area (Å²) in [5, 5.41) is 15.0. The first-order valence-corrected chi connectivity index (χ1v) is 8.43. The molecule has 1 aromatic rings. The second kappa shape index (κ2) is 6.92. The Morgan fingerprint density at radius 1 is 1.45 bits per heavy atom. The zero-order chi connectivity index (χ0) is 14.6. The Morgan fingerprint density at radius 2 is 2.25 bits per heavy atom. The van der Waals surface area contributed by atoms with E-state index in [1.807, 2.05) is 18.7 Å². The Balaban J connectivity index is 1.98. The predicted molar refractivity (Wildman–Crippen MR) is 85.3 cm³/mol. The standard InChI is InChI=1S/C16H26N2OS/c1-4-7-17-16(11-19)6-5-14(10-16)20-15-9-12(2)8-13(3)18-15/h8-9,14,17,19H,4-7,10-11H2,1-3H3. The third-order valence-corrected chi connectivity index (χ3v) is 5.16. The number of nitrogens with zero attached hydrogens (tertiary/aromatic N) is 1. The maximum atomic E-state index is 9.73. The van der Waals surface area contributed by atoms with Gasteiger partial charge in [0.2, 0.25) is 0 Å². The molecule has 20 heavy (non-hydrogen) atoms.